The summed E-state index contributed by atoms with van der Waals surface area (Å²) in [5.41, 5.74) is 0.349. The number of nitrogens with zero attached hydrogens (tertiary/aromatic N) is 2. The zero-order chi connectivity index (χ0) is 25.5. The zero-order valence-electron chi connectivity index (χ0n) is 19.1. The third-order valence-electron chi connectivity index (χ3n) is 5.32. The van der Waals surface area contributed by atoms with E-state index in [2.05, 4.69) is 15.4 Å². The summed E-state index contributed by atoms with van der Waals surface area (Å²) in [6.45, 7) is -0.403. The Balaban J connectivity index is 1.77. The molecule has 0 radical (unpaired) electrons. The van der Waals surface area contributed by atoms with E-state index < -0.39 is 18.6 Å². The van der Waals surface area contributed by atoms with Gasteiger partial charge in [-0.15, -0.1) is 11.3 Å². The first kappa shape index (κ1) is 26.8. The molecule has 190 valence electrons. The molecule has 9 nitrogen and oxygen atoms in total. The van der Waals surface area contributed by atoms with Gasteiger partial charge in [0.15, 0.2) is 5.75 Å². The van der Waals surface area contributed by atoms with Crippen molar-refractivity contribution in [3.05, 3.63) is 39.5 Å². The quantitative estimate of drug-likeness (QED) is 0.490. The number of hydrogen-bond acceptors (Lipinski definition) is 7. The number of ether oxygens (including phenoxy) is 2. The average molecular weight is 531 g/mol. The molecule has 3 rings (SSSR count). The van der Waals surface area contributed by atoms with Crippen LogP contribution in [0.3, 0.4) is 0 Å². The van der Waals surface area contributed by atoms with E-state index in [9.17, 15) is 23.2 Å². The number of nitrogens with one attached hydrogen (secondary N) is 2. The Bertz CT molecular complexity index is 1070. The summed E-state index contributed by atoms with van der Waals surface area (Å²) < 4.78 is 36.4. The second kappa shape index (κ2) is 12.2. The zero-order valence-corrected chi connectivity index (χ0v) is 20.6. The van der Waals surface area contributed by atoms with E-state index in [0.29, 0.717) is 28.1 Å². The van der Waals surface area contributed by atoms with Gasteiger partial charge in [0.25, 0.3) is 11.8 Å². The van der Waals surface area contributed by atoms with Gasteiger partial charge < -0.3 is 25.0 Å². The number of carbonyl (C=O) groups excluding carboxylic acids is 3. The number of rotatable bonds is 10. The minimum atomic E-state index is -3.15. The van der Waals surface area contributed by atoms with Crippen molar-refractivity contribution in [1.29, 1.82) is 0 Å². The second-order valence-corrected chi connectivity index (χ2v) is 9.26. The Morgan fingerprint density at radius 3 is 2.71 bits per heavy atom. The molecule has 0 unspecified atom stereocenters. The molecule has 2 N–H and O–H groups in total. The van der Waals surface area contributed by atoms with Crippen LogP contribution in [-0.2, 0) is 14.3 Å². The van der Waals surface area contributed by atoms with Crippen LogP contribution in [0.2, 0.25) is 4.34 Å². The fourth-order valence-electron chi connectivity index (χ4n) is 3.36. The Morgan fingerprint density at radius 2 is 2.09 bits per heavy atom. The molecule has 0 spiro atoms. The van der Waals surface area contributed by atoms with Gasteiger partial charge in [-0.1, -0.05) is 18.5 Å². The standard InChI is InChI=1S/C22H25ClF2N4O5S/c1-3-28(2)15(11-26-21(32)17-6-7-18(23)35-17)20(31)27-14-5-4-13(10-16(14)34-22(24)25)29-8-9-33-12-19(29)30/h4-7,10,15,22H,3,8-9,11-12H2,1-2H3,(H,26,32)(H,27,31)/t15-/m0/s1. The third kappa shape index (κ3) is 7.10. The third-order valence-corrected chi connectivity index (χ3v) is 6.55. The Morgan fingerprint density at radius 1 is 1.31 bits per heavy atom. The molecule has 13 heteroatoms. The number of hydrogen-bond donors (Lipinski definition) is 2. The van der Waals surface area contributed by atoms with Crippen LogP contribution in [0.15, 0.2) is 30.3 Å². The van der Waals surface area contributed by atoms with Crippen molar-refractivity contribution in [1.82, 2.24) is 10.2 Å². The molecule has 0 aliphatic carbocycles. The highest BCUT2D eigenvalue weighted by Crippen LogP contribution is 2.32. The van der Waals surface area contributed by atoms with Gasteiger partial charge in [-0.05, 0) is 37.9 Å². The van der Waals surface area contributed by atoms with Crippen molar-refractivity contribution >= 4 is 52.0 Å². The van der Waals surface area contributed by atoms with Gasteiger partial charge in [0.05, 0.1) is 21.5 Å². The van der Waals surface area contributed by atoms with Gasteiger partial charge in [-0.25, -0.2) is 0 Å². The summed E-state index contributed by atoms with van der Waals surface area (Å²) in [6, 6.07) is 6.56. The number of amides is 3. The monoisotopic (exact) mass is 530 g/mol. The first-order chi connectivity index (χ1) is 16.7. The highest BCUT2D eigenvalue weighted by Gasteiger charge is 2.26. The molecule has 1 aliphatic rings. The smallest absolute Gasteiger partial charge is 0.387 e. The van der Waals surface area contributed by atoms with Gasteiger partial charge in [0, 0.05) is 24.8 Å². The van der Waals surface area contributed by atoms with Gasteiger partial charge in [0.2, 0.25) is 5.91 Å². The van der Waals surface area contributed by atoms with Crippen molar-refractivity contribution in [2.24, 2.45) is 0 Å². The first-order valence-electron chi connectivity index (χ1n) is 10.7. The average Bonchev–Trinajstić information content (AvgIpc) is 3.26. The summed E-state index contributed by atoms with van der Waals surface area (Å²) in [5.74, 6) is -1.53. The molecule has 35 heavy (non-hydrogen) atoms. The minimum Gasteiger partial charge on any atom is -0.433 e. The van der Waals surface area contributed by atoms with Crippen LogP contribution in [-0.4, -0.2) is 75.2 Å². The van der Waals surface area contributed by atoms with E-state index in [0.717, 1.165) is 11.3 Å². The van der Waals surface area contributed by atoms with Gasteiger partial charge in [0.1, 0.15) is 12.6 Å². The lowest BCUT2D eigenvalue weighted by molar-refractivity contribution is -0.125. The molecule has 1 atom stereocenters. The van der Waals surface area contributed by atoms with E-state index in [1.807, 2.05) is 6.92 Å². The fourth-order valence-corrected chi connectivity index (χ4v) is 4.32. The summed E-state index contributed by atoms with van der Waals surface area (Å²) in [6.07, 6.45) is 0. The van der Waals surface area contributed by atoms with Crippen LogP contribution < -0.4 is 20.3 Å². The van der Waals surface area contributed by atoms with Gasteiger partial charge in [-0.2, -0.15) is 8.78 Å². The molecule has 1 aliphatic heterocycles. The number of likely N-dealkylation sites (N-methyl/N-ethyl adjacent to an activating group) is 1. The molecule has 1 aromatic carbocycles. The predicted molar refractivity (Wildman–Crippen MR) is 129 cm³/mol. The van der Waals surface area contributed by atoms with Gasteiger partial charge in [-0.3, -0.25) is 19.3 Å². The van der Waals surface area contributed by atoms with E-state index in [-0.39, 0.29) is 42.9 Å². The molecule has 0 saturated carbocycles. The highest BCUT2D eigenvalue weighted by atomic mass is 35.5. The van der Waals surface area contributed by atoms with Crippen molar-refractivity contribution in [3.8, 4) is 5.75 Å². The number of carbonyl (C=O) groups is 3. The number of alkyl halides is 2. The summed E-state index contributed by atoms with van der Waals surface area (Å²) in [5, 5.41) is 5.30. The van der Waals surface area contributed by atoms with Crippen molar-refractivity contribution in [2.45, 2.75) is 19.6 Å². The molecular weight excluding hydrogens is 506 g/mol. The second-order valence-electron chi connectivity index (χ2n) is 7.55. The number of halogens is 3. The van der Waals surface area contributed by atoms with E-state index >= 15 is 0 Å². The Labute approximate surface area is 209 Å². The first-order valence-corrected chi connectivity index (χ1v) is 11.9. The normalized spacial score (nSPS) is 14.8. The van der Waals surface area contributed by atoms with Crippen LogP contribution in [0.4, 0.5) is 20.2 Å². The van der Waals surface area contributed by atoms with Gasteiger partial charge >= 0.3 is 6.61 Å². The van der Waals surface area contributed by atoms with Crippen molar-refractivity contribution in [3.63, 3.8) is 0 Å². The Kier molecular flexibility index (Phi) is 9.38. The fraction of sp³-hybridized carbons (Fsp3) is 0.409. The summed E-state index contributed by atoms with van der Waals surface area (Å²) >= 11 is 6.98. The van der Waals surface area contributed by atoms with E-state index in [4.69, 9.17) is 16.3 Å². The predicted octanol–water partition coefficient (Wildman–Crippen LogP) is 3.05. The van der Waals surface area contributed by atoms with E-state index in [1.54, 1.807) is 24.1 Å². The molecule has 1 saturated heterocycles. The van der Waals surface area contributed by atoms with Crippen LogP contribution in [0, 0.1) is 0 Å². The highest BCUT2D eigenvalue weighted by molar-refractivity contribution is 7.18. The van der Waals surface area contributed by atoms with Crippen molar-refractivity contribution < 1.29 is 32.6 Å². The maximum Gasteiger partial charge on any atom is 0.387 e. The van der Waals surface area contributed by atoms with Crippen LogP contribution >= 0.6 is 22.9 Å². The van der Waals surface area contributed by atoms with Crippen LogP contribution in [0.1, 0.15) is 16.6 Å². The molecule has 1 fully saturated rings. The number of benzene rings is 1. The SMILES string of the molecule is CCN(C)[C@@H](CNC(=O)c1ccc(Cl)s1)C(=O)Nc1ccc(N2CCOCC2=O)cc1OC(F)F. The molecule has 3 amide bonds. The largest absolute Gasteiger partial charge is 0.433 e. The Hall–Kier alpha value is -2.80. The van der Waals surface area contributed by atoms with Crippen LogP contribution in [0.25, 0.3) is 0 Å². The molecule has 0 bridgehead atoms. The lowest BCUT2D eigenvalue weighted by atomic mass is 10.2. The molecule has 2 heterocycles. The number of anilines is 2. The molecule has 2 aromatic rings. The lowest BCUT2D eigenvalue weighted by Crippen LogP contribution is -2.49. The maximum atomic E-state index is 13.1. The van der Waals surface area contributed by atoms with Crippen molar-refractivity contribution in [2.75, 3.05) is 50.1 Å². The maximum absolute atomic E-state index is 13.1. The summed E-state index contributed by atoms with van der Waals surface area (Å²) in [7, 11) is 1.70. The van der Waals surface area contributed by atoms with E-state index in [1.165, 1.54) is 23.1 Å². The molecular formula is C22H25ClF2N4O5S. The summed E-state index contributed by atoms with van der Waals surface area (Å²) in [4.78, 5) is 41.1. The number of morpholine rings is 1. The van der Waals surface area contributed by atoms with Crippen LogP contribution in [0.5, 0.6) is 5.75 Å². The lowest BCUT2D eigenvalue weighted by Gasteiger charge is -2.28. The minimum absolute atomic E-state index is 0.00521. The number of thiophene rings is 1. The molecule has 1 aromatic heterocycles. The topological polar surface area (TPSA) is 100 Å².